The number of ether oxygens (including phenoxy) is 1. The minimum Gasteiger partial charge on any atom is -0.377 e. The zero-order valence-corrected chi connectivity index (χ0v) is 8.90. The van der Waals surface area contributed by atoms with E-state index >= 15 is 0 Å². The fraction of sp³-hybridized carbons (Fsp3) is 0.250. The maximum Gasteiger partial charge on any atom is 0.269 e. The van der Waals surface area contributed by atoms with Crippen LogP contribution in [0.2, 0.25) is 0 Å². The second-order valence-electron chi connectivity index (χ2n) is 3.50. The summed E-state index contributed by atoms with van der Waals surface area (Å²) in [6.07, 6.45) is 2.73. The number of amides is 1. The van der Waals surface area contributed by atoms with Gasteiger partial charge in [-0.1, -0.05) is 18.2 Å². The second-order valence-corrected chi connectivity index (χ2v) is 3.50. The molecule has 0 fully saturated rings. The van der Waals surface area contributed by atoms with Crippen molar-refractivity contribution in [3.63, 3.8) is 0 Å². The van der Waals surface area contributed by atoms with Crippen LogP contribution in [0, 0.1) is 0 Å². The van der Waals surface area contributed by atoms with Crippen molar-refractivity contribution in [3.05, 3.63) is 47.7 Å². The highest BCUT2D eigenvalue weighted by Gasteiger charge is 2.06. The highest BCUT2D eigenvalue weighted by molar-refractivity contribution is 5.93. The predicted octanol–water partition coefficient (Wildman–Crippen LogP) is 1.23. The molecule has 4 heteroatoms. The smallest absolute Gasteiger partial charge is 0.269 e. The average Bonchev–Trinajstić information content (AvgIpc) is 2.38. The van der Waals surface area contributed by atoms with Gasteiger partial charge in [-0.2, -0.15) is 0 Å². The maximum atomic E-state index is 11.7. The number of hydrogen-bond donors (Lipinski definition) is 2. The third-order valence-electron chi connectivity index (χ3n) is 2.34. The van der Waals surface area contributed by atoms with E-state index in [4.69, 9.17) is 4.74 Å². The average molecular weight is 218 g/mol. The summed E-state index contributed by atoms with van der Waals surface area (Å²) in [7, 11) is 0. The topological polar surface area (TPSA) is 50.4 Å². The Hall–Kier alpha value is -1.81. The van der Waals surface area contributed by atoms with Gasteiger partial charge in [0.25, 0.3) is 5.91 Å². The molecule has 0 unspecified atom stereocenters. The van der Waals surface area contributed by atoms with Crippen LogP contribution in [0.15, 0.2) is 42.1 Å². The summed E-state index contributed by atoms with van der Waals surface area (Å²) in [4.78, 5) is 11.7. The summed E-state index contributed by atoms with van der Waals surface area (Å²) < 4.78 is 5.16. The van der Waals surface area contributed by atoms with Gasteiger partial charge in [-0.3, -0.25) is 10.2 Å². The van der Waals surface area contributed by atoms with Gasteiger partial charge in [0.15, 0.2) is 0 Å². The summed E-state index contributed by atoms with van der Waals surface area (Å²) in [5, 5.41) is 0. The normalized spacial score (nSPS) is 15.1. The fourth-order valence-electron chi connectivity index (χ4n) is 1.44. The molecule has 1 aromatic carbocycles. The third-order valence-corrected chi connectivity index (χ3v) is 2.34. The summed E-state index contributed by atoms with van der Waals surface area (Å²) in [5.41, 5.74) is 7.19. The lowest BCUT2D eigenvalue weighted by Gasteiger charge is -2.16. The Bertz CT molecular complexity index is 387. The molecule has 2 N–H and O–H groups in total. The van der Waals surface area contributed by atoms with Gasteiger partial charge in [-0.15, -0.1) is 0 Å². The van der Waals surface area contributed by atoms with E-state index in [0.717, 1.165) is 12.1 Å². The molecule has 84 valence electrons. The number of carbonyl (C=O) groups excluding carboxylic acids is 1. The Morgan fingerprint density at radius 1 is 1.25 bits per heavy atom. The molecule has 16 heavy (non-hydrogen) atoms. The number of nitrogens with one attached hydrogen (secondary N) is 2. The van der Waals surface area contributed by atoms with Gasteiger partial charge in [0, 0.05) is 17.7 Å². The van der Waals surface area contributed by atoms with E-state index in [1.807, 2.05) is 24.3 Å². The molecule has 1 aliphatic heterocycles. The molecule has 1 amide bonds. The van der Waals surface area contributed by atoms with E-state index in [9.17, 15) is 4.79 Å². The van der Waals surface area contributed by atoms with Gasteiger partial charge >= 0.3 is 0 Å². The summed E-state index contributed by atoms with van der Waals surface area (Å²) in [6.45, 7) is 1.30. The largest absolute Gasteiger partial charge is 0.377 e. The van der Waals surface area contributed by atoms with Crippen LogP contribution in [0.1, 0.15) is 16.8 Å². The van der Waals surface area contributed by atoms with E-state index in [0.29, 0.717) is 18.8 Å². The second kappa shape index (κ2) is 5.32. The first-order valence-electron chi connectivity index (χ1n) is 5.24. The van der Waals surface area contributed by atoms with E-state index in [-0.39, 0.29) is 5.91 Å². The number of carbonyl (C=O) groups is 1. The first-order valence-corrected chi connectivity index (χ1v) is 5.24. The molecule has 0 aliphatic carbocycles. The van der Waals surface area contributed by atoms with Crippen LogP contribution in [-0.2, 0) is 4.74 Å². The van der Waals surface area contributed by atoms with E-state index in [1.54, 1.807) is 12.1 Å². The molecule has 0 saturated carbocycles. The van der Waals surface area contributed by atoms with Gasteiger partial charge in [0.05, 0.1) is 13.2 Å². The van der Waals surface area contributed by atoms with Gasteiger partial charge in [0.2, 0.25) is 0 Å². The molecular weight excluding hydrogens is 204 g/mol. The van der Waals surface area contributed by atoms with Crippen LogP contribution < -0.4 is 10.9 Å². The number of benzene rings is 1. The van der Waals surface area contributed by atoms with Crippen LogP contribution in [0.25, 0.3) is 0 Å². The Morgan fingerprint density at radius 2 is 2.06 bits per heavy atom. The number of rotatable bonds is 3. The fourth-order valence-corrected chi connectivity index (χ4v) is 1.44. The number of hydrogen-bond acceptors (Lipinski definition) is 3. The van der Waals surface area contributed by atoms with Crippen LogP contribution in [-0.4, -0.2) is 19.1 Å². The first kappa shape index (κ1) is 10.7. The lowest BCUT2D eigenvalue weighted by molar-refractivity contribution is 0.0933. The molecule has 1 aromatic rings. The standard InChI is InChI=1S/C12H14N2O2/c15-12(10-4-2-1-3-5-10)14-13-11-6-8-16-9-7-11/h1-6,13H,7-9H2,(H,14,15). The molecule has 4 nitrogen and oxygen atoms in total. The van der Waals surface area contributed by atoms with E-state index < -0.39 is 0 Å². The van der Waals surface area contributed by atoms with E-state index in [1.165, 1.54) is 0 Å². The lowest BCUT2D eigenvalue weighted by Crippen LogP contribution is -2.37. The first-order chi connectivity index (χ1) is 7.86. The van der Waals surface area contributed by atoms with Crippen molar-refractivity contribution in [3.8, 4) is 0 Å². The monoisotopic (exact) mass is 218 g/mol. The molecule has 0 aromatic heterocycles. The Morgan fingerprint density at radius 3 is 2.75 bits per heavy atom. The van der Waals surface area contributed by atoms with Crippen molar-refractivity contribution in [2.24, 2.45) is 0 Å². The van der Waals surface area contributed by atoms with Crippen molar-refractivity contribution in [2.45, 2.75) is 6.42 Å². The molecule has 0 radical (unpaired) electrons. The third kappa shape index (κ3) is 2.84. The Balaban J connectivity index is 1.86. The Kier molecular flexibility index (Phi) is 3.56. The van der Waals surface area contributed by atoms with Crippen molar-refractivity contribution in [1.82, 2.24) is 10.9 Å². The van der Waals surface area contributed by atoms with Crippen molar-refractivity contribution < 1.29 is 9.53 Å². The van der Waals surface area contributed by atoms with Crippen molar-refractivity contribution in [2.75, 3.05) is 13.2 Å². The van der Waals surface area contributed by atoms with Gasteiger partial charge < -0.3 is 10.2 Å². The van der Waals surface area contributed by atoms with Crippen LogP contribution in [0.4, 0.5) is 0 Å². The zero-order valence-electron chi connectivity index (χ0n) is 8.90. The van der Waals surface area contributed by atoms with Crippen LogP contribution >= 0.6 is 0 Å². The minimum atomic E-state index is -0.131. The van der Waals surface area contributed by atoms with Crippen molar-refractivity contribution in [1.29, 1.82) is 0 Å². The number of hydrazine groups is 1. The van der Waals surface area contributed by atoms with Crippen LogP contribution in [0.3, 0.4) is 0 Å². The summed E-state index contributed by atoms with van der Waals surface area (Å²) in [6, 6.07) is 9.10. The summed E-state index contributed by atoms with van der Waals surface area (Å²) >= 11 is 0. The van der Waals surface area contributed by atoms with Gasteiger partial charge in [-0.25, -0.2) is 0 Å². The SMILES string of the molecule is O=C(NNC1=CCOCC1)c1ccccc1. The minimum absolute atomic E-state index is 0.131. The maximum absolute atomic E-state index is 11.7. The molecule has 0 spiro atoms. The highest BCUT2D eigenvalue weighted by atomic mass is 16.5. The molecular formula is C12H14N2O2. The molecule has 1 heterocycles. The Labute approximate surface area is 94.3 Å². The molecule has 2 rings (SSSR count). The molecule has 0 bridgehead atoms. The van der Waals surface area contributed by atoms with Gasteiger partial charge in [0.1, 0.15) is 0 Å². The van der Waals surface area contributed by atoms with Gasteiger partial charge in [-0.05, 0) is 18.2 Å². The van der Waals surface area contributed by atoms with Crippen molar-refractivity contribution >= 4 is 5.91 Å². The predicted molar refractivity (Wildman–Crippen MR) is 60.6 cm³/mol. The van der Waals surface area contributed by atoms with Crippen LogP contribution in [0.5, 0.6) is 0 Å². The molecule has 1 aliphatic rings. The zero-order chi connectivity index (χ0) is 11.2. The summed E-state index contributed by atoms with van der Waals surface area (Å²) in [5.74, 6) is -0.131. The highest BCUT2D eigenvalue weighted by Crippen LogP contribution is 2.03. The molecule has 0 saturated heterocycles. The van der Waals surface area contributed by atoms with E-state index in [2.05, 4.69) is 10.9 Å². The molecule has 0 atom stereocenters. The lowest BCUT2D eigenvalue weighted by atomic mass is 10.2. The quantitative estimate of drug-likeness (QED) is 0.750.